The summed E-state index contributed by atoms with van der Waals surface area (Å²) in [7, 11) is 0. The van der Waals surface area contributed by atoms with Crippen LogP contribution in [-0.4, -0.2) is 23.9 Å². The lowest BCUT2D eigenvalue weighted by Crippen LogP contribution is -2.42. The number of carbonyl (C=O) groups excluding carboxylic acids is 2. The van der Waals surface area contributed by atoms with E-state index in [0.717, 1.165) is 49.9 Å². The molecule has 4 rings (SSSR count). The van der Waals surface area contributed by atoms with Gasteiger partial charge >= 0.3 is 0 Å². The van der Waals surface area contributed by atoms with Crippen molar-refractivity contribution in [2.45, 2.75) is 77.3 Å². The molecule has 31 heavy (non-hydrogen) atoms. The minimum absolute atomic E-state index is 0.00438. The van der Waals surface area contributed by atoms with E-state index < -0.39 is 5.41 Å². The molecule has 2 amide bonds. The van der Waals surface area contributed by atoms with Crippen LogP contribution in [0.5, 0.6) is 0 Å². The molecule has 2 atom stereocenters. The number of hydrogen-bond donors (Lipinski definition) is 0. The van der Waals surface area contributed by atoms with Gasteiger partial charge in [-0.15, -0.1) is 0 Å². The van der Waals surface area contributed by atoms with Gasteiger partial charge < -0.3 is 9.80 Å². The molecule has 1 spiro atoms. The summed E-state index contributed by atoms with van der Waals surface area (Å²) in [5.74, 6) is 0.00876. The number of carbonyl (C=O) groups is 2. The quantitative estimate of drug-likeness (QED) is 0.496. The van der Waals surface area contributed by atoms with Gasteiger partial charge in [0.05, 0.1) is 0 Å². The van der Waals surface area contributed by atoms with Crippen molar-refractivity contribution in [2.24, 2.45) is 5.41 Å². The van der Waals surface area contributed by atoms with E-state index in [-0.39, 0.29) is 23.9 Å². The Kier molecular flexibility index (Phi) is 6.45. The van der Waals surface area contributed by atoms with Crippen LogP contribution in [-0.2, 0) is 9.59 Å². The van der Waals surface area contributed by atoms with Crippen LogP contribution < -0.4 is 9.80 Å². The molecule has 2 aromatic carbocycles. The summed E-state index contributed by atoms with van der Waals surface area (Å²) in [6.45, 7) is 4.36. The topological polar surface area (TPSA) is 40.6 Å². The van der Waals surface area contributed by atoms with Gasteiger partial charge in [-0.25, -0.2) is 0 Å². The average molecular weight is 419 g/mol. The molecule has 0 saturated carbocycles. The monoisotopic (exact) mass is 418 g/mol. The molecule has 2 aromatic rings. The van der Waals surface area contributed by atoms with Crippen molar-refractivity contribution < 1.29 is 9.59 Å². The molecular formula is C27H34N2O2. The lowest BCUT2D eigenvalue weighted by Gasteiger charge is -2.26. The van der Waals surface area contributed by atoms with Gasteiger partial charge in [0.15, 0.2) is 0 Å². The van der Waals surface area contributed by atoms with Crippen molar-refractivity contribution in [1.82, 2.24) is 0 Å². The van der Waals surface area contributed by atoms with Crippen LogP contribution in [0, 0.1) is 5.41 Å². The molecule has 4 heteroatoms. The molecule has 2 aliphatic rings. The number of amides is 2. The minimum Gasteiger partial charge on any atom is -0.308 e. The van der Waals surface area contributed by atoms with Gasteiger partial charge in [0.1, 0.15) is 5.41 Å². The van der Waals surface area contributed by atoms with E-state index in [4.69, 9.17) is 0 Å². The molecule has 2 heterocycles. The van der Waals surface area contributed by atoms with Crippen LogP contribution in [0.2, 0.25) is 0 Å². The molecule has 0 bridgehead atoms. The first-order valence-electron chi connectivity index (χ1n) is 11.9. The fraction of sp³-hybridized carbons (Fsp3) is 0.481. The van der Waals surface area contributed by atoms with E-state index >= 15 is 0 Å². The Bertz CT molecular complexity index is 820. The third-order valence-electron chi connectivity index (χ3n) is 7.01. The summed E-state index contributed by atoms with van der Waals surface area (Å²) in [4.78, 5) is 31.9. The third-order valence-corrected chi connectivity index (χ3v) is 7.01. The first kappa shape index (κ1) is 21.6. The predicted octanol–water partition coefficient (Wildman–Crippen LogP) is 5.96. The highest BCUT2D eigenvalue weighted by molar-refractivity contribution is 6.20. The lowest BCUT2D eigenvalue weighted by molar-refractivity contribution is -0.135. The van der Waals surface area contributed by atoms with E-state index in [0.29, 0.717) is 12.8 Å². The number of hydrogen-bond acceptors (Lipinski definition) is 2. The number of rotatable bonds is 8. The Morgan fingerprint density at radius 3 is 1.45 bits per heavy atom. The maximum atomic E-state index is 14.0. The summed E-state index contributed by atoms with van der Waals surface area (Å²) < 4.78 is 0. The largest absolute Gasteiger partial charge is 0.308 e. The third kappa shape index (κ3) is 3.88. The Morgan fingerprint density at radius 2 is 1.10 bits per heavy atom. The molecule has 2 saturated heterocycles. The van der Waals surface area contributed by atoms with Gasteiger partial charge in [-0.3, -0.25) is 9.59 Å². The van der Waals surface area contributed by atoms with Gasteiger partial charge in [-0.1, -0.05) is 75.9 Å². The van der Waals surface area contributed by atoms with E-state index in [1.807, 2.05) is 70.5 Å². The summed E-state index contributed by atoms with van der Waals surface area (Å²) in [6.07, 6.45) is 7.44. The standard InChI is InChI=1S/C27H34N2O2/c1-3-5-13-23-19-27(25(30)28(23)21-15-9-7-10-16-21)20-24(14-6-4-2)29(26(27)31)22-17-11-8-12-18-22/h7-12,15-18,23-24H,3-6,13-14,19-20H2,1-2H3. The highest BCUT2D eigenvalue weighted by atomic mass is 16.2. The summed E-state index contributed by atoms with van der Waals surface area (Å²) in [5.41, 5.74) is 0.908. The highest BCUT2D eigenvalue weighted by Crippen LogP contribution is 2.51. The SMILES string of the molecule is CCCCC1CC2(CC(CCCC)N(c3ccccc3)C2=O)C(=O)N1c1ccccc1. The Morgan fingerprint density at radius 1 is 0.710 bits per heavy atom. The number of benzene rings is 2. The van der Waals surface area contributed by atoms with Crippen molar-refractivity contribution >= 4 is 23.2 Å². The Balaban J connectivity index is 1.72. The zero-order valence-corrected chi connectivity index (χ0v) is 18.8. The zero-order chi connectivity index (χ0) is 21.8. The summed E-state index contributed by atoms with van der Waals surface area (Å²) in [5, 5.41) is 0. The van der Waals surface area contributed by atoms with Crippen molar-refractivity contribution in [3.05, 3.63) is 60.7 Å². The van der Waals surface area contributed by atoms with E-state index in [2.05, 4.69) is 13.8 Å². The van der Waals surface area contributed by atoms with Crippen LogP contribution in [0.25, 0.3) is 0 Å². The number of unbranched alkanes of at least 4 members (excludes halogenated alkanes) is 2. The van der Waals surface area contributed by atoms with Gasteiger partial charge in [0, 0.05) is 23.5 Å². The van der Waals surface area contributed by atoms with Crippen LogP contribution in [0.15, 0.2) is 60.7 Å². The normalized spacial score (nSPS) is 25.7. The summed E-state index contributed by atoms with van der Waals surface area (Å²) >= 11 is 0. The number of nitrogens with zero attached hydrogens (tertiary/aromatic N) is 2. The van der Waals surface area contributed by atoms with Crippen LogP contribution >= 0.6 is 0 Å². The second-order valence-electron chi connectivity index (χ2n) is 9.10. The van der Waals surface area contributed by atoms with Gasteiger partial charge in [-0.2, -0.15) is 0 Å². The molecule has 164 valence electrons. The molecule has 0 aliphatic carbocycles. The van der Waals surface area contributed by atoms with Crippen LogP contribution in [0.4, 0.5) is 11.4 Å². The molecule has 2 aliphatic heterocycles. The second-order valence-corrected chi connectivity index (χ2v) is 9.10. The molecule has 2 unspecified atom stereocenters. The van der Waals surface area contributed by atoms with E-state index in [9.17, 15) is 9.59 Å². The van der Waals surface area contributed by atoms with Crippen LogP contribution in [0.3, 0.4) is 0 Å². The molecular weight excluding hydrogens is 384 g/mol. The summed E-state index contributed by atoms with van der Waals surface area (Å²) in [6, 6.07) is 20.0. The lowest BCUT2D eigenvalue weighted by atomic mass is 9.80. The highest BCUT2D eigenvalue weighted by Gasteiger charge is 2.63. The van der Waals surface area contributed by atoms with Crippen molar-refractivity contribution in [3.8, 4) is 0 Å². The molecule has 0 N–H and O–H groups in total. The maximum absolute atomic E-state index is 14.0. The Hall–Kier alpha value is -2.62. The first-order chi connectivity index (χ1) is 15.1. The molecule has 4 nitrogen and oxygen atoms in total. The number of anilines is 2. The van der Waals surface area contributed by atoms with Crippen molar-refractivity contribution in [3.63, 3.8) is 0 Å². The molecule has 0 radical (unpaired) electrons. The number of para-hydroxylation sites is 2. The Labute approximate surface area is 186 Å². The van der Waals surface area contributed by atoms with Gasteiger partial charge in [-0.05, 0) is 49.9 Å². The first-order valence-corrected chi connectivity index (χ1v) is 11.9. The minimum atomic E-state index is -0.928. The zero-order valence-electron chi connectivity index (χ0n) is 18.8. The average Bonchev–Trinajstić information content (AvgIpc) is 3.25. The van der Waals surface area contributed by atoms with Crippen LogP contribution in [0.1, 0.15) is 65.2 Å². The molecule has 0 aromatic heterocycles. The second kappa shape index (κ2) is 9.25. The fourth-order valence-electron chi connectivity index (χ4n) is 5.48. The van der Waals surface area contributed by atoms with Crippen molar-refractivity contribution in [1.29, 1.82) is 0 Å². The molecule has 2 fully saturated rings. The smallest absolute Gasteiger partial charge is 0.243 e. The van der Waals surface area contributed by atoms with E-state index in [1.54, 1.807) is 0 Å². The van der Waals surface area contributed by atoms with Gasteiger partial charge in [0.25, 0.3) is 0 Å². The fourth-order valence-corrected chi connectivity index (χ4v) is 5.48. The van der Waals surface area contributed by atoms with Crippen molar-refractivity contribution in [2.75, 3.05) is 9.80 Å². The van der Waals surface area contributed by atoms with Gasteiger partial charge in [0.2, 0.25) is 11.8 Å². The predicted molar refractivity (Wildman–Crippen MR) is 126 cm³/mol. The van der Waals surface area contributed by atoms with E-state index in [1.165, 1.54) is 0 Å². The maximum Gasteiger partial charge on any atom is 0.243 e.